The van der Waals surface area contributed by atoms with E-state index in [2.05, 4.69) is 115 Å². The largest absolute Gasteiger partial charge is 0.324 e. The van der Waals surface area contributed by atoms with Crippen molar-refractivity contribution in [2.45, 2.75) is 38.3 Å². The standard InChI is InChI=1S/C43H33N5/c1-43(2)36-20-8-6-18-32(36)34-25-39-35(24-37(34)43)33-19-7-9-21-38(33)48(39)31-17-11-16-30(23-31)42-46-40(28-13-4-3-5-14-28)45-41(47-42)29-15-10-12-27(22-29)26-44/h3-7,9-19,21-25,40H,8,20H2,1-2H3,(H,45,46,47). The maximum Gasteiger partial charge on any atom is 0.169 e. The zero-order chi connectivity index (χ0) is 32.4. The van der Waals surface area contributed by atoms with Crippen molar-refractivity contribution in [3.8, 4) is 11.8 Å². The summed E-state index contributed by atoms with van der Waals surface area (Å²) in [5.74, 6) is 1.43. The van der Waals surface area contributed by atoms with Crippen LogP contribution in [0.4, 0.5) is 0 Å². The normalized spacial score (nSPS) is 17.8. The van der Waals surface area contributed by atoms with Gasteiger partial charge in [-0.25, -0.2) is 9.98 Å². The molecule has 0 spiro atoms. The predicted molar refractivity (Wildman–Crippen MR) is 196 cm³/mol. The van der Waals surface area contributed by atoms with Crippen LogP contribution in [0.5, 0.6) is 0 Å². The van der Waals surface area contributed by atoms with E-state index in [0.717, 1.165) is 41.1 Å². The van der Waals surface area contributed by atoms with Crippen LogP contribution in [-0.2, 0) is 5.41 Å². The SMILES string of the molecule is CC1(C)C2=C(C=CCC2)c2cc3c(cc21)c1ccccc1n3-c1cccc(C2=NC(c3ccccc3)N=C(c3cccc(C#N)c3)N2)c1. The van der Waals surface area contributed by atoms with Gasteiger partial charge in [-0.3, -0.25) is 0 Å². The smallest absolute Gasteiger partial charge is 0.169 e. The Bertz CT molecular complexity index is 2460. The number of fused-ring (bicyclic) bond motifs is 5. The molecule has 1 atom stereocenters. The topological polar surface area (TPSA) is 65.5 Å². The number of aromatic nitrogens is 1. The number of hydrogen-bond acceptors (Lipinski definition) is 4. The fourth-order valence-corrected chi connectivity index (χ4v) is 7.81. The van der Waals surface area contributed by atoms with Gasteiger partial charge < -0.3 is 9.88 Å². The lowest BCUT2D eigenvalue weighted by Gasteiger charge is -2.25. The van der Waals surface area contributed by atoms with E-state index in [9.17, 15) is 5.26 Å². The molecule has 1 aliphatic heterocycles. The zero-order valence-electron chi connectivity index (χ0n) is 26.9. The summed E-state index contributed by atoms with van der Waals surface area (Å²) in [5.41, 5.74) is 12.6. The van der Waals surface area contributed by atoms with Gasteiger partial charge in [-0.2, -0.15) is 5.26 Å². The van der Waals surface area contributed by atoms with E-state index < -0.39 is 6.17 Å². The Morgan fingerprint density at radius 1 is 0.771 bits per heavy atom. The second-order valence-corrected chi connectivity index (χ2v) is 13.3. The van der Waals surface area contributed by atoms with Crippen LogP contribution in [0.15, 0.2) is 143 Å². The molecule has 0 saturated carbocycles. The van der Waals surface area contributed by atoms with Crippen LogP contribution in [0.1, 0.15) is 66.2 Å². The summed E-state index contributed by atoms with van der Waals surface area (Å²) in [4.78, 5) is 10.1. The maximum absolute atomic E-state index is 9.58. The number of allylic oxidation sites excluding steroid dienone is 4. The first kappa shape index (κ1) is 28.3. The Labute approximate surface area is 279 Å². The average Bonchev–Trinajstić information content (AvgIpc) is 3.59. The molecule has 1 unspecified atom stereocenters. The number of benzene rings is 5. The van der Waals surface area contributed by atoms with E-state index in [4.69, 9.17) is 9.98 Å². The highest BCUT2D eigenvalue weighted by atomic mass is 15.2. The second kappa shape index (κ2) is 10.8. The number of nitriles is 1. The number of nitrogens with zero attached hydrogens (tertiary/aromatic N) is 4. The first-order valence-corrected chi connectivity index (χ1v) is 16.6. The quantitative estimate of drug-likeness (QED) is 0.214. The Morgan fingerprint density at radius 2 is 1.52 bits per heavy atom. The maximum atomic E-state index is 9.58. The summed E-state index contributed by atoms with van der Waals surface area (Å²) in [5, 5.41) is 15.6. The molecule has 0 saturated heterocycles. The average molecular weight is 620 g/mol. The minimum atomic E-state index is -0.419. The van der Waals surface area contributed by atoms with Gasteiger partial charge in [0.25, 0.3) is 0 Å². The van der Waals surface area contributed by atoms with Crippen LogP contribution < -0.4 is 5.32 Å². The van der Waals surface area contributed by atoms with E-state index in [1.165, 1.54) is 38.5 Å². The van der Waals surface area contributed by atoms with Gasteiger partial charge in [-0.1, -0.05) is 104 Å². The summed E-state index contributed by atoms with van der Waals surface area (Å²) >= 11 is 0. The molecular weight excluding hydrogens is 587 g/mol. The fraction of sp³-hybridized carbons (Fsp3) is 0.140. The third kappa shape index (κ3) is 4.37. The highest BCUT2D eigenvalue weighted by molar-refractivity contribution is 6.16. The molecule has 2 aliphatic carbocycles. The van der Waals surface area contributed by atoms with Crippen LogP contribution in [0.3, 0.4) is 0 Å². The Kier molecular flexibility index (Phi) is 6.35. The van der Waals surface area contributed by atoms with E-state index in [1.807, 2.05) is 42.5 Å². The lowest BCUT2D eigenvalue weighted by molar-refractivity contribution is 0.608. The molecule has 0 bridgehead atoms. The Hall–Kier alpha value is -5.99. The number of aliphatic imine (C=N–C) groups is 2. The van der Waals surface area contributed by atoms with E-state index in [-0.39, 0.29) is 5.41 Å². The lowest BCUT2D eigenvalue weighted by Crippen LogP contribution is -2.36. The first-order valence-electron chi connectivity index (χ1n) is 16.6. The Balaban J connectivity index is 1.20. The van der Waals surface area contributed by atoms with Crippen LogP contribution >= 0.6 is 0 Å². The van der Waals surface area contributed by atoms with E-state index >= 15 is 0 Å². The number of rotatable bonds is 4. The predicted octanol–water partition coefficient (Wildman–Crippen LogP) is 9.55. The minimum absolute atomic E-state index is 0.0127. The molecule has 2 heterocycles. The molecule has 0 radical (unpaired) electrons. The molecule has 5 nitrogen and oxygen atoms in total. The van der Waals surface area contributed by atoms with E-state index in [1.54, 1.807) is 5.57 Å². The molecule has 0 amide bonds. The molecular formula is C43H33N5. The van der Waals surface area contributed by atoms with Crippen molar-refractivity contribution >= 4 is 39.1 Å². The summed E-state index contributed by atoms with van der Waals surface area (Å²) in [7, 11) is 0. The number of amidine groups is 2. The zero-order valence-corrected chi connectivity index (χ0v) is 26.9. The number of nitrogens with one attached hydrogen (secondary N) is 1. The summed E-state index contributed by atoms with van der Waals surface area (Å²) in [6.45, 7) is 4.77. The Morgan fingerprint density at radius 3 is 2.33 bits per heavy atom. The van der Waals surface area contributed by atoms with Gasteiger partial charge >= 0.3 is 0 Å². The van der Waals surface area contributed by atoms with Gasteiger partial charge in [-0.15, -0.1) is 0 Å². The van der Waals surface area contributed by atoms with Crippen molar-refractivity contribution in [1.82, 2.24) is 9.88 Å². The van der Waals surface area contributed by atoms with Gasteiger partial charge in [0.15, 0.2) is 6.17 Å². The van der Waals surface area contributed by atoms with Crippen molar-refractivity contribution in [1.29, 1.82) is 5.26 Å². The summed E-state index contributed by atoms with van der Waals surface area (Å²) < 4.78 is 2.40. The second-order valence-electron chi connectivity index (χ2n) is 13.3. The van der Waals surface area contributed by atoms with Crippen molar-refractivity contribution < 1.29 is 0 Å². The minimum Gasteiger partial charge on any atom is -0.324 e. The number of para-hydroxylation sites is 1. The van der Waals surface area contributed by atoms with Gasteiger partial charge in [0.05, 0.1) is 22.7 Å². The molecule has 3 aliphatic rings. The van der Waals surface area contributed by atoms with Crippen LogP contribution in [0.25, 0.3) is 33.1 Å². The van der Waals surface area contributed by atoms with Gasteiger partial charge in [0.1, 0.15) is 11.7 Å². The highest BCUT2D eigenvalue weighted by Crippen LogP contribution is 2.52. The lowest BCUT2D eigenvalue weighted by atomic mass is 9.78. The molecule has 6 aromatic rings. The molecule has 0 fully saturated rings. The first-order chi connectivity index (χ1) is 23.5. The molecule has 230 valence electrons. The van der Waals surface area contributed by atoms with Crippen molar-refractivity contribution in [3.05, 3.63) is 166 Å². The third-order valence-electron chi connectivity index (χ3n) is 10.2. The number of hydrogen-bond donors (Lipinski definition) is 1. The van der Waals surface area contributed by atoms with Crippen molar-refractivity contribution in [3.63, 3.8) is 0 Å². The van der Waals surface area contributed by atoms with Crippen molar-refractivity contribution in [2.75, 3.05) is 0 Å². The van der Waals surface area contributed by atoms with Crippen LogP contribution in [0.2, 0.25) is 0 Å². The molecule has 5 aromatic carbocycles. The summed E-state index contributed by atoms with van der Waals surface area (Å²) in [6, 6.07) is 42.2. The third-order valence-corrected chi connectivity index (χ3v) is 10.2. The van der Waals surface area contributed by atoms with E-state index in [0.29, 0.717) is 11.4 Å². The fourth-order valence-electron chi connectivity index (χ4n) is 7.81. The van der Waals surface area contributed by atoms with Gasteiger partial charge in [0, 0.05) is 33.0 Å². The van der Waals surface area contributed by atoms with Gasteiger partial charge in [0.2, 0.25) is 0 Å². The summed E-state index contributed by atoms with van der Waals surface area (Å²) in [6.07, 6.45) is 6.47. The van der Waals surface area contributed by atoms with Crippen LogP contribution in [0, 0.1) is 11.3 Å². The molecule has 1 N–H and O–H groups in total. The molecule has 1 aromatic heterocycles. The van der Waals surface area contributed by atoms with Gasteiger partial charge in [-0.05, 0) is 77.6 Å². The highest BCUT2D eigenvalue weighted by Gasteiger charge is 2.38. The molecule has 9 rings (SSSR count). The van der Waals surface area contributed by atoms with Crippen LogP contribution in [-0.4, -0.2) is 16.2 Å². The molecule has 48 heavy (non-hydrogen) atoms. The monoisotopic (exact) mass is 619 g/mol. The van der Waals surface area contributed by atoms with Crippen molar-refractivity contribution in [2.24, 2.45) is 9.98 Å². The molecule has 5 heteroatoms.